The van der Waals surface area contributed by atoms with E-state index in [4.69, 9.17) is 0 Å². The minimum atomic E-state index is 0.00739. The first-order valence-corrected chi connectivity index (χ1v) is 14.0. The van der Waals surface area contributed by atoms with E-state index in [9.17, 15) is 14.4 Å². The molecule has 2 saturated heterocycles. The van der Waals surface area contributed by atoms with Crippen LogP contribution in [0.25, 0.3) is 0 Å². The van der Waals surface area contributed by atoms with Crippen molar-refractivity contribution in [2.45, 2.75) is 32.1 Å². The van der Waals surface area contributed by atoms with Crippen molar-refractivity contribution in [1.29, 1.82) is 0 Å². The van der Waals surface area contributed by atoms with Crippen LogP contribution in [0.5, 0.6) is 0 Å². The summed E-state index contributed by atoms with van der Waals surface area (Å²) in [7, 11) is 0. The summed E-state index contributed by atoms with van der Waals surface area (Å²) >= 11 is 1.47. The Morgan fingerprint density at radius 3 is 2.47 bits per heavy atom. The average molecular weight is 510 g/mol. The van der Waals surface area contributed by atoms with E-state index in [0.29, 0.717) is 37.4 Å². The zero-order valence-corrected chi connectivity index (χ0v) is 21.5. The lowest BCUT2D eigenvalue weighted by Crippen LogP contribution is -2.36. The van der Waals surface area contributed by atoms with Crippen LogP contribution in [-0.4, -0.2) is 79.9 Å². The van der Waals surface area contributed by atoms with Crippen LogP contribution in [0.15, 0.2) is 35.7 Å². The molecule has 3 amide bonds. The van der Waals surface area contributed by atoms with Crippen molar-refractivity contribution in [1.82, 2.24) is 15.1 Å². The molecule has 0 spiro atoms. The van der Waals surface area contributed by atoms with E-state index in [1.165, 1.54) is 11.3 Å². The summed E-state index contributed by atoms with van der Waals surface area (Å²) in [6.45, 7) is 5.92. The van der Waals surface area contributed by atoms with Crippen molar-refractivity contribution in [2.24, 2.45) is 5.92 Å². The number of nitrogens with zero attached hydrogens (tertiary/aromatic N) is 3. The molecular formula is C27H35N5O3S. The van der Waals surface area contributed by atoms with Gasteiger partial charge in [-0.05, 0) is 61.9 Å². The Kier molecular flexibility index (Phi) is 7.87. The molecule has 8 nitrogen and oxygen atoms in total. The molecule has 0 bridgehead atoms. The molecule has 3 aliphatic rings. The highest BCUT2D eigenvalue weighted by Crippen LogP contribution is 2.32. The quantitative estimate of drug-likeness (QED) is 0.646. The molecule has 9 heteroatoms. The maximum Gasteiger partial charge on any atom is 0.263 e. The van der Waals surface area contributed by atoms with E-state index in [1.807, 2.05) is 45.5 Å². The van der Waals surface area contributed by atoms with Crippen LogP contribution in [0, 0.1) is 5.92 Å². The molecule has 2 aliphatic heterocycles. The van der Waals surface area contributed by atoms with Gasteiger partial charge in [0.1, 0.15) is 0 Å². The van der Waals surface area contributed by atoms with Crippen LogP contribution < -0.4 is 15.5 Å². The highest BCUT2D eigenvalue weighted by atomic mass is 32.1. The molecule has 1 aromatic heterocycles. The van der Waals surface area contributed by atoms with Gasteiger partial charge in [0.2, 0.25) is 5.91 Å². The summed E-state index contributed by atoms with van der Waals surface area (Å²) in [6, 6.07) is 9.49. The maximum atomic E-state index is 13.3. The number of rotatable bonds is 5. The van der Waals surface area contributed by atoms with Gasteiger partial charge in [0.05, 0.1) is 16.3 Å². The average Bonchev–Trinajstić information content (AvgIpc) is 3.10. The number of hydrogen-bond donors (Lipinski definition) is 2. The first-order chi connectivity index (χ1) is 17.6. The third-order valence-electron chi connectivity index (χ3n) is 7.46. The number of anilines is 2. The Morgan fingerprint density at radius 2 is 1.69 bits per heavy atom. The van der Waals surface area contributed by atoms with E-state index in [1.54, 1.807) is 0 Å². The van der Waals surface area contributed by atoms with E-state index in [-0.39, 0.29) is 23.6 Å². The molecule has 1 aromatic carbocycles. The van der Waals surface area contributed by atoms with Gasteiger partial charge in [-0.1, -0.05) is 12.5 Å². The molecule has 2 aromatic rings. The predicted molar refractivity (Wildman–Crippen MR) is 143 cm³/mol. The zero-order chi connectivity index (χ0) is 24.9. The number of amides is 3. The van der Waals surface area contributed by atoms with Gasteiger partial charge in [-0.15, -0.1) is 11.3 Å². The normalized spacial score (nSPS) is 19.3. The van der Waals surface area contributed by atoms with Gasteiger partial charge in [-0.3, -0.25) is 14.4 Å². The second kappa shape index (κ2) is 11.4. The van der Waals surface area contributed by atoms with Crippen molar-refractivity contribution < 1.29 is 14.4 Å². The Bertz CT molecular complexity index is 1080. The second-order valence-corrected chi connectivity index (χ2v) is 10.8. The molecular weight excluding hydrogens is 474 g/mol. The number of hydrogen-bond acceptors (Lipinski definition) is 6. The van der Waals surface area contributed by atoms with Crippen molar-refractivity contribution in [2.75, 3.05) is 62.6 Å². The molecule has 3 fully saturated rings. The highest BCUT2D eigenvalue weighted by molar-refractivity contribution is 7.12. The van der Waals surface area contributed by atoms with Gasteiger partial charge >= 0.3 is 0 Å². The van der Waals surface area contributed by atoms with Crippen LogP contribution in [-0.2, 0) is 4.79 Å². The SMILES string of the molecule is O=C(Nc1cc(C(=O)N2CCCNCC2)ccc1N1CCCN(C(=O)c2cccs2)CC1)C1CCC1. The van der Waals surface area contributed by atoms with Gasteiger partial charge in [-0.25, -0.2) is 0 Å². The molecule has 36 heavy (non-hydrogen) atoms. The fraction of sp³-hybridized carbons (Fsp3) is 0.519. The molecule has 0 unspecified atom stereocenters. The summed E-state index contributed by atoms with van der Waals surface area (Å²) < 4.78 is 0. The van der Waals surface area contributed by atoms with E-state index in [2.05, 4.69) is 15.5 Å². The fourth-order valence-corrected chi connectivity index (χ4v) is 5.79. The number of nitrogens with one attached hydrogen (secondary N) is 2. The lowest BCUT2D eigenvalue weighted by Gasteiger charge is -2.29. The lowest BCUT2D eigenvalue weighted by molar-refractivity contribution is -0.122. The van der Waals surface area contributed by atoms with Crippen molar-refractivity contribution in [3.8, 4) is 0 Å². The smallest absolute Gasteiger partial charge is 0.263 e. The number of carbonyl (C=O) groups excluding carboxylic acids is 3. The van der Waals surface area contributed by atoms with Gasteiger partial charge < -0.3 is 25.3 Å². The number of carbonyl (C=O) groups is 3. The zero-order valence-electron chi connectivity index (χ0n) is 20.7. The number of benzene rings is 1. The Labute approximate surface area is 216 Å². The van der Waals surface area contributed by atoms with Crippen molar-refractivity contribution >= 4 is 40.4 Å². The summed E-state index contributed by atoms with van der Waals surface area (Å²) in [5.41, 5.74) is 2.22. The van der Waals surface area contributed by atoms with E-state index < -0.39 is 0 Å². The van der Waals surface area contributed by atoms with Crippen molar-refractivity contribution in [3.63, 3.8) is 0 Å². The molecule has 2 N–H and O–H groups in total. The van der Waals surface area contributed by atoms with E-state index >= 15 is 0 Å². The van der Waals surface area contributed by atoms with Crippen LogP contribution in [0.3, 0.4) is 0 Å². The molecule has 192 valence electrons. The van der Waals surface area contributed by atoms with Crippen LogP contribution in [0.4, 0.5) is 11.4 Å². The van der Waals surface area contributed by atoms with Gasteiger partial charge in [0, 0.05) is 57.3 Å². The first kappa shape index (κ1) is 24.8. The lowest BCUT2D eigenvalue weighted by atomic mass is 9.85. The van der Waals surface area contributed by atoms with Crippen LogP contribution in [0.2, 0.25) is 0 Å². The topological polar surface area (TPSA) is 85.0 Å². The third-order valence-corrected chi connectivity index (χ3v) is 8.32. The molecule has 5 rings (SSSR count). The standard InChI is InChI=1S/C27H35N5O3S/c33-25(20-5-1-6-20)29-22-19-21(26(34)31-12-3-10-28-11-15-31)8-9-23(22)30-13-4-14-32(17-16-30)27(35)24-7-2-18-36-24/h2,7-9,18-20,28H,1,3-6,10-17H2,(H,29,33). The van der Waals surface area contributed by atoms with Gasteiger partial charge in [0.25, 0.3) is 11.8 Å². The van der Waals surface area contributed by atoms with Crippen LogP contribution in [0.1, 0.15) is 52.1 Å². The molecule has 0 atom stereocenters. The Balaban J connectivity index is 1.36. The highest BCUT2D eigenvalue weighted by Gasteiger charge is 2.28. The molecule has 0 radical (unpaired) electrons. The van der Waals surface area contributed by atoms with Gasteiger partial charge in [-0.2, -0.15) is 0 Å². The summed E-state index contributed by atoms with van der Waals surface area (Å²) in [5, 5.41) is 8.42. The summed E-state index contributed by atoms with van der Waals surface area (Å²) in [6.07, 6.45) is 4.71. The molecule has 1 aliphatic carbocycles. The first-order valence-electron chi connectivity index (χ1n) is 13.1. The third kappa shape index (κ3) is 5.57. The van der Waals surface area contributed by atoms with Gasteiger partial charge in [0.15, 0.2) is 0 Å². The largest absolute Gasteiger partial charge is 0.368 e. The Hall–Kier alpha value is -2.91. The predicted octanol–water partition coefficient (Wildman–Crippen LogP) is 3.27. The van der Waals surface area contributed by atoms with Crippen molar-refractivity contribution in [3.05, 3.63) is 46.2 Å². The summed E-state index contributed by atoms with van der Waals surface area (Å²) in [4.78, 5) is 45.9. The van der Waals surface area contributed by atoms with E-state index in [0.717, 1.165) is 68.8 Å². The minimum absolute atomic E-state index is 0.00739. The molecule has 3 heterocycles. The number of thiophene rings is 1. The Morgan fingerprint density at radius 1 is 0.861 bits per heavy atom. The fourth-order valence-electron chi connectivity index (χ4n) is 5.10. The second-order valence-electron chi connectivity index (χ2n) is 9.85. The monoisotopic (exact) mass is 509 g/mol. The maximum absolute atomic E-state index is 13.3. The summed E-state index contributed by atoms with van der Waals surface area (Å²) in [5.74, 6) is 0.179. The van der Waals surface area contributed by atoms with Crippen LogP contribution >= 0.6 is 11.3 Å². The minimum Gasteiger partial charge on any atom is -0.368 e. The molecule has 1 saturated carbocycles.